The van der Waals surface area contributed by atoms with Crippen molar-refractivity contribution >= 4 is 30.1 Å². The molecule has 0 bridgehead atoms. The lowest BCUT2D eigenvalue weighted by Gasteiger charge is -2.10. The molecule has 0 unspecified atom stereocenters. The lowest BCUT2D eigenvalue weighted by atomic mass is 10.1. The van der Waals surface area contributed by atoms with E-state index in [0.717, 1.165) is 18.6 Å². The van der Waals surface area contributed by atoms with E-state index in [4.69, 9.17) is 11.6 Å². The zero-order chi connectivity index (χ0) is 9.90. The molecular weight excluding hydrogens is 206 g/mol. The average molecular weight is 220 g/mol. The van der Waals surface area contributed by atoms with E-state index < -0.39 is 0 Å². The smallest absolute Gasteiger partial charge is 0.220 e. The Morgan fingerprint density at radius 1 is 1.62 bits per heavy atom. The molecule has 0 radical (unpaired) electrons. The number of carbonyl (C=O) groups is 1. The van der Waals surface area contributed by atoms with E-state index in [-0.39, 0.29) is 11.3 Å². The first-order valence-corrected chi connectivity index (χ1v) is 5.30. The summed E-state index contributed by atoms with van der Waals surface area (Å²) in [6, 6.07) is 0. The molecule has 0 aromatic heterocycles. The first kappa shape index (κ1) is 10.9. The van der Waals surface area contributed by atoms with Crippen LogP contribution in [-0.4, -0.2) is 18.2 Å². The number of hydrogen-bond donors (Lipinski definition) is 2. The topological polar surface area (TPSA) is 29.1 Å². The van der Waals surface area contributed by atoms with Crippen LogP contribution in [0.25, 0.3) is 0 Å². The lowest BCUT2D eigenvalue weighted by molar-refractivity contribution is -0.121. The third-order valence-electron chi connectivity index (χ3n) is 2.31. The average Bonchev–Trinajstić information content (AvgIpc) is 2.82. The molecule has 0 aromatic carbocycles. The van der Waals surface area contributed by atoms with E-state index in [1.165, 1.54) is 0 Å². The normalized spacial score (nSPS) is 18.0. The van der Waals surface area contributed by atoms with Gasteiger partial charge < -0.3 is 5.32 Å². The minimum absolute atomic E-state index is 0.0494. The van der Waals surface area contributed by atoms with Gasteiger partial charge in [0, 0.05) is 11.5 Å². The Morgan fingerprint density at radius 2 is 2.23 bits per heavy atom. The van der Waals surface area contributed by atoms with Crippen LogP contribution in [0.4, 0.5) is 0 Å². The molecule has 0 heterocycles. The maximum atomic E-state index is 11.3. The summed E-state index contributed by atoms with van der Waals surface area (Å²) in [4.78, 5) is 11.3. The van der Waals surface area contributed by atoms with Gasteiger partial charge in [0.1, 0.15) is 0 Å². The number of halogens is 1. The third-order valence-corrected chi connectivity index (χ3v) is 3.11. The van der Waals surface area contributed by atoms with Crippen LogP contribution in [0.5, 0.6) is 0 Å². The van der Waals surface area contributed by atoms with Gasteiger partial charge in [-0.05, 0) is 24.0 Å². The highest BCUT2D eigenvalue weighted by atomic mass is 35.5. The van der Waals surface area contributed by atoms with Crippen molar-refractivity contribution in [2.24, 2.45) is 5.41 Å². The fraction of sp³-hybridized carbons (Fsp3) is 0.667. The highest BCUT2D eigenvalue weighted by molar-refractivity contribution is 7.80. The van der Waals surface area contributed by atoms with Crippen LogP contribution in [0.2, 0.25) is 0 Å². The van der Waals surface area contributed by atoms with Gasteiger partial charge in [0.25, 0.3) is 0 Å². The molecule has 0 aliphatic heterocycles. The van der Waals surface area contributed by atoms with Crippen molar-refractivity contribution in [2.45, 2.75) is 19.3 Å². The molecule has 0 atom stereocenters. The van der Waals surface area contributed by atoms with Crippen LogP contribution in [0.15, 0.2) is 11.6 Å². The molecule has 1 aliphatic rings. The van der Waals surface area contributed by atoms with E-state index in [1.807, 2.05) is 0 Å². The lowest BCUT2D eigenvalue weighted by Crippen LogP contribution is -2.27. The third kappa shape index (κ3) is 3.61. The molecule has 1 aliphatic carbocycles. The summed E-state index contributed by atoms with van der Waals surface area (Å²) in [5.74, 6) is 0.843. The molecule has 0 aromatic rings. The highest BCUT2D eigenvalue weighted by Gasteiger charge is 2.42. The fourth-order valence-corrected chi connectivity index (χ4v) is 1.66. The van der Waals surface area contributed by atoms with Crippen LogP contribution in [-0.2, 0) is 4.79 Å². The van der Waals surface area contributed by atoms with Gasteiger partial charge in [0.2, 0.25) is 5.91 Å². The van der Waals surface area contributed by atoms with Crippen molar-refractivity contribution < 1.29 is 4.79 Å². The Balaban J connectivity index is 2.21. The summed E-state index contributed by atoms with van der Waals surface area (Å²) in [6.45, 7) is 3.86. The minimum Gasteiger partial charge on any atom is -0.351 e. The van der Waals surface area contributed by atoms with E-state index >= 15 is 0 Å². The standard InChI is InChI=1S/C9H14ClNOS/c1-7(10)5-11-8(12)4-9(6-13)2-3-9/h13H,1-6H2,(H,11,12). The Bertz CT molecular complexity index is 226. The van der Waals surface area contributed by atoms with Crippen molar-refractivity contribution in [3.05, 3.63) is 11.6 Å². The van der Waals surface area contributed by atoms with E-state index in [0.29, 0.717) is 18.0 Å². The molecule has 13 heavy (non-hydrogen) atoms. The minimum atomic E-state index is 0.0494. The second-order valence-electron chi connectivity index (χ2n) is 3.63. The maximum absolute atomic E-state index is 11.3. The molecule has 74 valence electrons. The van der Waals surface area contributed by atoms with Crippen molar-refractivity contribution in [1.29, 1.82) is 0 Å². The zero-order valence-electron chi connectivity index (χ0n) is 7.48. The quantitative estimate of drug-likeness (QED) is 0.681. The molecule has 4 heteroatoms. The first-order chi connectivity index (χ1) is 6.08. The molecule has 1 amide bonds. The molecule has 1 N–H and O–H groups in total. The molecule has 1 fully saturated rings. The highest BCUT2D eigenvalue weighted by Crippen LogP contribution is 2.49. The van der Waals surface area contributed by atoms with E-state index in [9.17, 15) is 4.79 Å². The van der Waals surface area contributed by atoms with Crippen molar-refractivity contribution in [3.63, 3.8) is 0 Å². The number of thiol groups is 1. The molecule has 0 spiro atoms. The molecule has 2 nitrogen and oxygen atoms in total. The largest absolute Gasteiger partial charge is 0.351 e. The van der Waals surface area contributed by atoms with Crippen LogP contribution >= 0.6 is 24.2 Å². The molecule has 0 saturated heterocycles. The number of carbonyl (C=O) groups excluding carboxylic acids is 1. The molecule has 1 rings (SSSR count). The monoisotopic (exact) mass is 219 g/mol. The number of amides is 1. The van der Waals surface area contributed by atoms with Gasteiger partial charge in [0.15, 0.2) is 0 Å². The molecule has 1 saturated carbocycles. The summed E-state index contributed by atoms with van der Waals surface area (Å²) in [5, 5.41) is 3.17. The first-order valence-electron chi connectivity index (χ1n) is 4.29. The Kier molecular flexibility index (Phi) is 3.68. The van der Waals surface area contributed by atoms with Crippen molar-refractivity contribution in [2.75, 3.05) is 12.3 Å². The van der Waals surface area contributed by atoms with Gasteiger partial charge in [-0.25, -0.2) is 0 Å². The predicted molar refractivity (Wildman–Crippen MR) is 58.1 cm³/mol. The van der Waals surface area contributed by atoms with Gasteiger partial charge in [-0.2, -0.15) is 12.6 Å². The van der Waals surface area contributed by atoms with E-state index in [1.54, 1.807) is 0 Å². The number of rotatable bonds is 5. The summed E-state index contributed by atoms with van der Waals surface area (Å²) in [5.41, 5.74) is 0.181. The predicted octanol–water partition coefficient (Wildman–Crippen LogP) is 1.96. The number of hydrogen-bond acceptors (Lipinski definition) is 2. The second kappa shape index (κ2) is 4.38. The summed E-state index contributed by atoms with van der Waals surface area (Å²) in [7, 11) is 0. The number of nitrogens with one attached hydrogen (secondary N) is 1. The van der Waals surface area contributed by atoms with Crippen LogP contribution in [0, 0.1) is 5.41 Å². The van der Waals surface area contributed by atoms with Crippen molar-refractivity contribution in [3.8, 4) is 0 Å². The van der Waals surface area contributed by atoms with E-state index in [2.05, 4.69) is 24.5 Å². The molecular formula is C9H14ClNOS. The van der Waals surface area contributed by atoms with Crippen LogP contribution in [0.3, 0.4) is 0 Å². The SMILES string of the molecule is C=C(Cl)CNC(=O)CC1(CS)CC1. The van der Waals surface area contributed by atoms with Gasteiger partial charge in [-0.3, -0.25) is 4.79 Å². The Hall–Kier alpha value is -0.150. The summed E-state index contributed by atoms with van der Waals surface area (Å²) in [6.07, 6.45) is 2.80. The summed E-state index contributed by atoms with van der Waals surface area (Å²) >= 11 is 9.74. The zero-order valence-corrected chi connectivity index (χ0v) is 9.13. The maximum Gasteiger partial charge on any atom is 0.220 e. The second-order valence-corrected chi connectivity index (χ2v) is 4.48. The van der Waals surface area contributed by atoms with Crippen LogP contribution in [0.1, 0.15) is 19.3 Å². The Labute approximate surface area is 89.1 Å². The van der Waals surface area contributed by atoms with Gasteiger partial charge in [-0.1, -0.05) is 18.2 Å². The Morgan fingerprint density at radius 3 is 2.62 bits per heavy atom. The fourth-order valence-electron chi connectivity index (χ4n) is 1.17. The van der Waals surface area contributed by atoms with Gasteiger partial charge in [0.05, 0.1) is 6.54 Å². The van der Waals surface area contributed by atoms with Gasteiger partial charge >= 0.3 is 0 Å². The van der Waals surface area contributed by atoms with Crippen molar-refractivity contribution in [1.82, 2.24) is 5.32 Å². The summed E-state index contributed by atoms with van der Waals surface area (Å²) < 4.78 is 0. The van der Waals surface area contributed by atoms with Crippen LogP contribution < -0.4 is 5.32 Å². The van der Waals surface area contributed by atoms with Gasteiger partial charge in [-0.15, -0.1) is 0 Å².